The largest absolute Gasteiger partial charge is 0.228 e. The second kappa shape index (κ2) is 37.6. The standard InChI is InChI=1S/2C70H44N4/c1-3-15-51(16-4-1)69-71-65(43-67(73-69)55-37-39-61-53(41-55)35-29-45-13-7-9-19-57(45)61)49-31-25-47(26-32-49)59-21-11-24-64-60(22-12-23-63(59)64)48-27-33-50(34-28-48)66-44-68(74-70(72-66)52-17-5-2-6-18-52)56-38-40-62-54(42-56)36-30-46-14-8-10-20-58(46)62;1-3-15-49(16-4-1)65-43-67(55-37-39-61-53(41-55)35-29-45-13-7-9-19-57(45)61)73-69(71-65)51-31-25-47(26-32-51)59-21-11-24-64-60(22-12-23-63(59)64)48-27-33-52(34-28-48)70-72-66(50-17-5-2-6-18-50)44-68(74-70)56-38-40-62-54(42-56)36-30-46-14-8-10-20-58(46)62/h2*1-44H. The van der Waals surface area contributed by atoms with Crippen LogP contribution in [0.4, 0.5) is 0 Å². The van der Waals surface area contributed by atoms with E-state index in [0.29, 0.717) is 23.3 Å². The van der Waals surface area contributed by atoms with E-state index in [-0.39, 0.29) is 0 Å². The number of hydrogen-bond donors (Lipinski definition) is 0. The number of benzene rings is 24. The lowest BCUT2D eigenvalue weighted by atomic mass is 9.92. The molecule has 28 rings (SSSR count). The molecule has 688 valence electrons. The Bertz CT molecular complexity index is 8910. The lowest BCUT2D eigenvalue weighted by molar-refractivity contribution is 1.18. The summed E-state index contributed by atoms with van der Waals surface area (Å²) in [6.45, 7) is 0. The Morgan fingerprint density at radius 3 is 0.493 bits per heavy atom. The van der Waals surface area contributed by atoms with E-state index in [0.717, 1.165) is 146 Å². The van der Waals surface area contributed by atoms with Gasteiger partial charge in [-0.1, -0.05) is 485 Å². The summed E-state index contributed by atoms with van der Waals surface area (Å²) in [6.07, 6.45) is 0. The van der Waals surface area contributed by atoms with Gasteiger partial charge in [-0.3, -0.25) is 0 Å². The maximum Gasteiger partial charge on any atom is 0.160 e. The molecule has 0 spiro atoms. The maximum atomic E-state index is 5.23. The molecule has 0 bridgehead atoms. The zero-order valence-corrected chi connectivity index (χ0v) is 80.4. The third kappa shape index (κ3) is 16.7. The number of fused-ring (bicyclic) bond motifs is 14. The van der Waals surface area contributed by atoms with Gasteiger partial charge in [0.15, 0.2) is 23.3 Å². The van der Waals surface area contributed by atoms with E-state index in [2.05, 4.69) is 485 Å². The fraction of sp³-hybridized carbons (Fsp3) is 0. The summed E-state index contributed by atoms with van der Waals surface area (Å²) >= 11 is 0. The lowest BCUT2D eigenvalue weighted by Crippen LogP contribution is -1.96. The van der Waals surface area contributed by atoms with Crippen molar-refractivity contribution in [3.63, 3.8) is 0 Å². The van der Waals surface area contributed by atoms with Gasteiger partial charge in [0, 0.05) is 66.8 Å². The molecular formula is C140H88N8. The Hall–Kier alpha value is -19.8. The van der Waals surface area contributed by atoms with Gasteiger partial charge in [0.05, 0.1) is 45.6 Å². The second-order valence-corrected chi connectivity index (χ2v) is 37.9. The van der Waals surface area contributed by atoms with Crippen LogP contribution in [-0.2, 0) is 0 Å². The molecular weight excluding hydrogens is 1790 g/mol. The summed E-state index contributed by atoms with van der Waals surface area (Å²) < 4.78 is 0. The van der Waals surface area contributed by atoms with Crippen LogP contribution in [0.5, 0.6) is 0 Å². The number of aromatic nitrogens is 8. The summed E-state index contributed by atoms with van der Waals surface area (Å²) in [5.74, 6) is 2.77. The van der Waals surface area contributed by atoms with Crippen molar-refractivity contribution < 1.29 is 0 Å². The van der Waals surface area contributed by atoms with Gasteiger partial charge in [-0.2, -0.15) is 0 Å². The molecule has 0 unspecified atom stereocenters. The van der Waals surface area contributed by atoms with Crippen molar-refractivity contribution in [2.45, 2.75) is 0 Å². The summed E-state index contributed by atoms with van der Waals surface area (Å²) in [5, 5.41) is 24.4. The zero-order valence-electron chi connectivity index (χ0n) is 80.4. The Labute approximate surface area is 855 Å². The Balaban J connectivity index is 0.000000146. The predicted molar refractivity (Wildman–Crippen MR) is 617 cm³/mol. The van der Waals surface area contributed by atoms with Crippen molar-refractivity contribution in [1.82, 2.24) is 39.9 Å². The van der Waals surface area contributed by atoms with E-state index in [1.807, 2.05) is 48.5 Å². The van der Waals surface area contributed by atoms with Crippen LogP contribution in [-0.4, -0.2) is 39.9 Å². The molecule has 0 fully saturated rings. The predicted octanol–water partition coefficient (Wildman–Crippen LogP) is 36.7. The van der Waals surface area contributed by atoms with Gasteiger partial charge in [0.25, 0.3) is 0 Å². The van der Waals surface area contributed by atoms with Gasteiger partial charge in [-0.15, -0.1) is 0 Å². The molecule has 28 aromatic rings. The fourth-order valence-corrected chi connectivity index (χ4v) is 21.4. The van der Waals surface area contributed by atoms with Crippen molar-refractivity contribution in [2.24, 2.45) is 0 Å². The van der Waals surface area contributed by atoms with Crippen molar-refractivity contribution >= 4 is 108 Å². The highest BCUT2D eigenvalue weighted by Gasteiger charge is 2.22. The first kappa shape index (κ1) is 87.2. The van der Waals surface area contributed by atoms with E-state index in [4.69, 9.17) is 39.9 Å². The number of hydrogen-bond acceptors (Lipinski definition) is 8. The highest BCUT2D eigenvalue weighted by Crippen LogP contribution is 2.45. The fourth-order valence-electron chi connectivity index (χ4n) is 21.4. The molecule has 0 aliphatic rings. The molecule has 4 heterocycles. The molecule has 0 saturated heterocycles. The molecule has 4 aromatic heterocycles. The first-order valence-electron chi connectivity index (χ1n) is 50.2. The van der Waals surface area contributed by atoms with Gasteiger partial charge in [0.1, 0.15) is 0 Å². The highest BCUT2D eigenvalue weighted by atomic mass is 14.9. The van der Waals surface area contributed by atoms with Gasteiger partial charge in [0.2, 0.25) is 0 Å². The van der Waals surface area contributed by atoms with E-state index in [1.54, 1.807) is 0 Å². The summed E-state index contributed by atoms with van der Waals surface area (Å²) in [7, 11) is 0. The number of rotatable bonds is 16. The summed E-state index contributed by atoms with van der Waals surface area (Å²) in [4.78, 5) is 41.4. The molecule has 0 atom stereocenters. The molecule has 0 saturated carbocycles. The smallest absolute Gasteiger partial charge is 0.160 e. The van der Waals surface area contributed by atoms with Gasteiger partial charge >= 0.3 is 0 Å². The third-order valence-electron chi connectivity index (χ3n) is 29.0. The second-order valence-electron chi connectivity index (χ2n) is 37.9. The van der Waals surface area contributed by atoms with E-state index in [9.17, 15) is 0 Å². The lowest BCUT2D eigenvalue weighted by Gasteiger charge is -2.13. The zero-order chi connectivity index (χ0) is 97.9. The highest BCUT2D eigenvalue weighted by molar-refractivity contribution is 6.14. The van der Waals surface area contributed by atoms with Crippen LogP contribution in [0.1, 0.15) is 0 Å². The number of nitrogens with zero attached hydrogens (tertiary/aromatic N) is 8. The van der Waals surface area contributed by atoms with Crippen molar-refractivity contribution in [3.8, 4) is 180 Å². The van der Waals surface area contributed by atoms with Crippen LogP contribution >= 0.6 is 0 Å². The van der Waals surface area contributed by atoms with Crippen LogP contribution in [0.3, 0.4) is 0 Å². The maximum absolute atomic E-state index is 5.23. The van der Waals surface area contributed by atoms with Crippen LogP contribution in [0.2, 0.25) is 0 Å². The van der Waals surface area contributed by atoms with Crippen LogP contribution < -0.4 is 0 Å². The minimum Gasteiger partial charge on any atom is -0.228 e. The van der Waals surface area contributed by atoms with E-state index in [1.165, 1.54) is 119 Å². The van der Waals surface area contributed by atoms with Gasteiger partial charge in [-0.25, -0.2) is 39.9 Å². The molecule has 0 amide bonds. The molecule has 0 aliphatic carbocycles. The first-order chi connectivity index (χ1) is 73.3. The summed E-state index contributed by atoms with van der Waals surface area (Å²) in [6, 6.07) is 190. The summed E-state index contributed by atoms with van der Waals surface area (Å²) in [5.41, 5.74) is 28.5. The molecule has 24 aromatic carbocycles. The van der Waals surface area contributed by atoms with Crippen LogP contribution in [0.25, 0.3) is 288 Å². The average Bonchev–Trinajstić information content (AvgIpc) is 0.770. The molecule has 0 radical (unpaired) electrons. The minimum absolute atomic E-state index is 0.686. The topological polar surface area (TPSA) is 103 Å². The molecule has 148 heavy (non-hydrogen) atoms. The van der Waals surface area contributed by atoms with Crippen molar-refractivity contribution in [1.29, 1.82) is 0 Å². The first-order valence-corrected chi connectivity index (χ1v) is 50.2. The minimum atomic E-state index is 0.686. The van der Waals surface area contributed by atoms with E-state index < -0.39 is 0 Å². The van der Waals surface area contributed by atoms with Gasteiger partial charge in [-0.05, 0) is 201 Å². The molecule has 8 heteroatoms. The Kier molecular flexibility index (Phi) is 22.1. The van der Waals surface area contributed by atoms with Crippen molar-refractivity contribution in [3.05, 3.63) is 534 Å². The normalized spacial score (nSPS) is 11.5. The van der Waals surface area contributed by atoms with Crippen LogP contribution in [0, 0.1) is 0 Å². The van der Waals surface area contributed by atoms with Gasteiger partial charge < -0.3 is 0 Å². The Morgan fingerprint density at radius 2 is 0.250 bits per heavy atom. The third-order valence-corrected chi connectivity index (χ3v) is 29.0. The van der Waals surface area contributed by atoms with Crippen molar-refractivity contribution in [2.75, 3.05) is 0 Å². The average molecular weight is 1880 g/mol. The quantitative estimate of drug-likeness (QED) is 0.0882. The molecule has 0 aliphatic heterocycles. The van der Waals surface area contributed by atoms with Crippen LogP contribution in [0.15, 0.2) is 534 Å². The SMILES string of the molecule is c1ccc(-c2cc(-c3ccc4c(ccc5ccccc54)c3)nc(-c3ccc(-c4cccc5c(-c6ccc(-c7nc(-c8ccccc8)cc(-c8ccc9c(ccc%10ccccc%109)c8)n7)cc6)cccc45)cc3)n2)cc1.c1ccc(-c2nc(-c3ccc(-c4cccc5c(-c6ccc(-c7cc(-c8ccc9c(ccc%10ccccc%109)c8)nc(-c8ccccc8)n7)cc6)cccc45)cc3)cc(-c3ccc4c(ccc5ccccc54)c3)n2)cc1. The molecule has 8 nitrogen and oxygen atoms in total. The monoisotopic (exact) mass is 1880 g/mol. The Morgan fingerprint density at radius 1 is 0.0878 bits per heavy atom. The molecule has 0 N–H and O–H groups in total. The van der Waals surface area contributed by atoms with E-state index >= 15 is 0 Å².